The van der Waals surface area contributed by atoms with Crippen LogP contribution in [0.3, 0.4) is 0 Å². The first kappa shape index (κ1) is 13.2. The minimum atomic E-state index is -0.289. The van der Waals surface area contributed by atoms with Crippen molar-refractivity contribution in [3.63, 3.8) is 0 Å². The first-order valence-corrected chi connectivity index (χ1v) is 4.70. The fourth-order valence-corrected chi connectivity index (χ4v) is 1.16. The number of aliphatic imine (C=N–C) groups is 1. The van der Waals surface area contributed by atoms with Gasteiger partial charge in [0.1, 0.15) is 12.3 Å². The van der Waals surface area contributed by atoms with E-state index in [-0.39, 0.29) is 24.8 Å². The van der Waals surface area contributed by atoms with Gasteiger partial charge in [-0.05, 0) is 26.2 Å². The maximum absolute atomic E-state index is 11.0. The first-order valence-electron chi connectivity index (χ1n) is 4.70. The molecule has 82 valence electrons. The molecule has 1 fully saturated rings. The maximum atomic E-state index is 11.0. The minimum absolute atomic E-state index is 0. The predicted molar refractivity (Wildman–Crippen MR) is 57.8 cm³/mol. The maximum Gasteiger partial charge on any atom is 0.313 e. The summed E-state index contributed by atoms with van der Waals surface area (Å²) in [7, 11) is 0. The zero-order chi connectivity index (χ0) is 9.68. The Morgan fingerprint density at radius 1 is 1.57 bits per heavy atom. The van der Waals surface area contributed by atoms with Gasteiger partial charge >= 0.3 is 5.97 Å². The van der Waals surface area contributed by atoms with Gasteiger partial charge in [-0.2, -0.15) is 0 Å². The molecule has 0 aliphatic heterocycles. The fourth-order valence-electron chi connectivity index (χ4n) is 1.16. The van der Waals surface area contributed by atoms with Gasteiger partial charge in [0.05, 0.1) is 12.6 Å². The zero-order valence-electron chi connectivity index (χ0n) is 8.36. The number of carbonyl (C=O) groups excluding carboxylic acids is 1. The van der Waals surface area contributed by atoms with E-state index in [1.165, 1.54) is 6.42 Å². The average molecular weight is 221 g/mol. The molecule has 2 N–H and O–H groups in total. The van der Waals surface area contributed by atoms with E-state index in [1.54, 1.807) is 6.92 Å². The highest BCUT2D eigenvalue weighted by Gasteiger charge is 2.17. The smallest absolute Gasteiger partial charge is 0.313 e. The van der Waals surface area contributed by atoms with Crippen LogP contribution in [-0.4, -0.2) is 24.5 Å². The molecule has 0 heterocycles. The van der Waals surface area contributed by atoms with Crippen molar-refractivity contribution in [2.24, 2.45) is 10.7 Å². The summed E-state index contributed by atoms with van der Waals surface area (Å²) in [6.45, 7) is 2.17. The van der Waals surface area contributed by atoms with Crippen molar-refractivity contribution in [3.8, 4) is 0 Å². The molecular weight excluding hydrogens is 204 g/mol. The van der Waals surface area contributed by atoms with Crippen LogP contribution in [0.15, 0.2) is 4.99 Å². The summed E-state index contributed by atoms with van der Waals surface area (Å²) in [5.74, 6) is 0.117. The molecule has 0 amide bonds. The Bertz CT molecular complexity index is 215. The first-order chi connectivity index (χ1) is 6.22. The molecule has 5 heteroatoms. The molecule has 14 heavy (non-hydrogen) atoms. The Labute approximate surface area is 90.3 Å². The number of hydrogen-bond donors (Lipinski definition) is 1. The molecule has 1 aliphatic carbocycles. The molecule has 1 rings (SSSR count). The number of carbonyl (C=O) groups is 1. The molecule has 0 aromatic heterocycles. The molecule has 0 aromatic carbocycles. The van der Waals surface area contributed by atoms with Crippen molar-refractivity contribution in [3.05, 3.63) is 0 Å². The van der Waals surface area contributed by atoms with E-state index in [9.17, 15) is 4.79 Å². The second-order valence-electron chi connectivity index (χ2n) is 3.19. The highest BCUT2D eigenvalue weighted by molar-refractivity contribution is 5.96. The molecule has 0 bridgehead atoms. The summed E-state index contributed by atoms with van der Waals surface area (Å²) in [6, 6.07) is 0.356. The average Bonchev–Trinajstić information content (AvgIpc) is 1.97. The molecule has 1 aliphatic rings. The molecule has 4 nitrogen and oxygen atoms in total. The number of esters is 1. The number of hydrogen-bond acceptors (Lipinski definition) is 3. The third-order valence-corrected chi connectivity index (χ3v) is 2.05. The lowest BCUT2D eigenvalue weighted by Crippen LogP contribution is -2.24. The van der Waals surface area contributed by atoms with Gasteiger partial charge < -0.3 is 10.5 Å². The van der Waals surface area contributed by atoms with Gasteiger partial charge in [0, 0.05) is 0 Å². The van der Waals surface area contributed by atoms with Crippen molar-refractivity contribution in [1.29, 1.82) is 0 Å². The quantitative estimate of drug-likeness (QED) is 0.441. The molecule has 0 radical (unpaired) electrons. The van der Waals surface area contributed by atoms with Gasteiger partial charge in [0.15, 0.2) is 0 Å². The second-order valence-corrected chi connectivity index (χ2v) is 3.19. The summed E-state index contributed by atoms with van der Waals surface area (Å²) >= 11 is 0. The highest BCUT2D eigenvalue weighted by atomic mass is 35.5. The van der Waals surface area contributed by atoms with E-state index in [0.29, 0.717) is 18.5 Å². The van der Waals surface area contributed by atoms with Gasteiger partial charge in [0.2, 0.25) is 0 Å². The molecule has 0 atom stereocenters. The number of ether oxygens (including phenoxy) is 1. The van der Waals surface area contributed by atoms with Crippen LogP contribution in [0.2, 0.25) is 0 Å². The zero-order valence-corrected chi connectivity index (χ0v) is 9.18. The largest absolute Gasteiger partial charge is 0.466 e. The minimum Gasteiger partial charge on any atom is -0.466 e. The number of amidine groups is 1. The summed E-state index contributed by atoms with van der Waals surface area (Å²) < 4.78 is 4.75. The summed E-state index contributed by atoms with van der Waals surface area (Å²) in [5, 5.41) is 0. The SMILES string of the molecule is CCOC(=O)CC(N)=NC1CCC1.Cl. The van der Waals surface area contributed by atoms with E-state index < -0.39 is 0 Å². The van der Waals surface area contributed by atoms with Gasteiger partial charge in [-0.3, -0.25) is 9.79 Å². The molecule has 1 saturated carbocycles. The highest BCUT2D eigenvalue weighted by Crippen LogP contribution is 2.21. The van der Waals surface area contributed by atoms with Crippen molar-refractivity contribution in [2.75, 3.05) is 6.61 Å². The lowest BCUT2D eigenvalue weighted by molar-refractivity contribution is -0.141. The van der Waals surface area contributed by atoms with Crippen LogP contribution < -0.4 is 5.73 Å². The monoisotopic (exact) mass is 220 g/mol. The molecule has 0 spiro atoms. The fraction of sp³-hybridized carbons (Fsp3) is 0.778. The van der Waals surface area contributed by atoms with E-state index in [4.69, 9.17) is 10.5 Å². The molecule has 0 aromatic rings. The number of rotatable bonds is 4. The number of halogens is 1. The van der Waals surface area contributed by atoms with Gasteiger partial charge in [0.25, 0.3) is 0 Å². The summed E-state index contributed by atoms with van der Waals surface area (Å²) in [4.78, 5) is 15.2. The Morgan fingerprint density at radius 2 is 2.21 bits per heavy atom. The van der Waals surface area contributed by atoms with Crippen LogP contribution in [0.1, 0.15) is 32.6 Å². The number of nitrogens with zero attached hydrogens (tertiary/aromatic N) is 1. The Hall–Kier alpha value is -0.770. The van der Waals surface area contributed by atoms with Crippen LogP contribution in [0.4, 0.5) is 0 Å². The van der Waals surface area contributed by atoms with Gasteiger partial charge in [-0.1, -0.05) is 0 Å². The van der Waals surface area contributed by atoms with Crippen LogP contribution in [-0.2, 0) is 9.53 Å². The van der Waals surface area contributed by atoms with Crippen LogP contribution in [0.5, 0.6) is 0 Å². The Morgan fingerprint density at radius 3 is 2.64 bits per heavy atom. The predicted octanol–water partition coefficient (Wildman–Crippen LogP) is 1.27. The summed E-state index contributed by atoms with van der Waals surface area (Å²) in [5.41, 5.74) is 5.56. The molecular formula is C9H17ClN2O2. The van der Waals surface area contributed by atoms with E-state index >= 15 is 0 Å². The van der Waals surface area contributed by atoms with Crippen molar-refractivity contribution in [1.82, 2.24) is 0 Å². The lowest BCUT2D eigenvalue weighted by atomic mass is 9.94. The Kier molecular flexibility index (Phi) is 6.28. The van der Waals surface area contributed by atoms with E-state index in [1.807, 2.05) is 0 Å². The Balaban J connectivity index is 0.00000169. The molecule has 0 saturated heterocycles. The van der Waals surface area contributed by atoms with Crippen LogP contribution in [0.25, 0.3) is 0 Å². The third kappa shape index (κ3) is 4.46. The van der Waals surface area contributed by atoms with Gasteiger partial charge in [-0.25, -0.2) is 0 Å². The summed E-state index contributed by atoms with van der Waals surface area (Å²) in [6.07, 6.45) is 3.55. The topological polar surface area (TPSA) is 64.7 Å². The lowest BCUT2D eigenvalue weighted by Gasteiger charge is -2.21. The standard InChI is InChI=1S/C9H16N2O2.ClH/c1-2-13-9(12)6-8(10)11-7-4-3-5-7;/h7H,2-6H2,1H3,(H2,10,11);1H. The number of nitrogens with two attached hydrogens (primary N) is 1. The van der Waals surface area contributed by atoms with Crippen molar-refractivity contribution < 1.29 is 9.53 Å². The third-order valence-electron chi connectivity index (χ3n) is 2.05. The van der Waals surface area contributed by atoms with E-state index in [2.05, 4.69) is 4.99 Å². The van der Waals surface area contributed by atoms with Crippen LogP contribution in [0, 0.1) is 0 Å². The second kappa shape index (κ2) is 6.65. The normalized spacial score (nSPS) is 16.8. The van der Waals surface area contributed by atoms with E-state index in [0.717, 1.165) is 12.8 Å². The van der Waals surface area contributed by atoms with Gasteiger partial charge in [-0.15, -0.1) is 12.4 Å². The van der Waals surface area contributed by atoms with Crippen molar-refractivity contribution >= 4 is 24.2 Å². The van der Waals surface area contributed by atoms with Crippen molar-refractivity contribution in [2.45, 2.75) is 38.6 Å². The van der Waals surface area contributed by atoms with Crippen LogP contribution >= 0.6 is 12.4 Å². The molecule has 0 unspecified atom stereocenters.